The minimum absolute atomic E-state index is 0.202. The van der Waals surface area contributed by atoms with E-state index in [1.165, 1.54) is 16.4 Å². The molecule has 2 heterocycles. The van der Waals surface area contributed by atoms with Gasteiger partial charge in [0.1, 0.15) is 5.82 Å². The summed E-state index contributed by atoms with van der Waals surface area (Å²) in [5.74, 6) is -0.493. The van der Waals surface area contributed by atoms with Gasteiger partial charge in [0.05, 0.1) is 24.5 Å². The third kappa shape index (κ3) is 4.59. The van der Waals surface area contributed by atoms with Gasteiger partial charge in [-0.2, -0.15) is 4.31 Å². The Hall–Kier alpha value is -1.55. The van der Waals surface area contributed by atoms with Crippen LogP contribution < -0.4 is 10.6 Å². The first-order chi connectivity index (χ1) is 12.5. The van der Waals surface area contributed by atoms with Crippen LogP contribution in [0.2, 0.25) is 0 Å². The molecule has 2 saturated heterocycles. The van der Waals surface area contributed by atoms with Crippen molar-refractivity contribution in [2.24, 2.45) is 0 Å². The molecule has 3 rings (SSSR count). The number of benzene rings is 1. The summed E-state index contributed by atoms with van der Waals surface area (Å²) in [5, 5.41) is 5.24. The summed E-state index contributed by atoms with van der Waals surface area (Å²) in [5.41, 5.74) is 0.929. The summed E-state index contributed by atoms with van der Waals surface area (Å²) in [6.45, 7) is 2.25. The zero-order chi connectivity index (χ0) is 18.6. The summed E-state index contributed by atoms with van der Waals surface area (Å²) in [4.78, 5) is 12.3. The van der Waals surface area contributed by atoms with Crippen LogP contribution in [0.4, 0.5) is 4.39 Å². The number of carbonyl (C=O) groups is 1. The Morgan fingerprint density at radius 1 is 1.27 bits per heavy atom. The molecule has 0 saturated carbocycles. The van der Waals surface area contributed by atoms with Crippen molar-refractivity contribution < 1.29 is 22.3 Å². The number of hydrogen-bond donors (Lipinski definition) is 2. The lowest BCUT2D eigenvalue weighted by Gasteiger charge is -2.28. The first kappa shape index (κ1) is 19.2. The number of amides is 1. The van der Waals surface area contributed by atoms with Crippen LogP contribution in [0.5, 0.6) is 0 Å². The van der Waals surface area contributed by atoms with Crippen LogP contribution in [-0.4, -0.2) is 69.3 Å². The van der Waals surface area contributed by atoms with Crippen molar-refractivity contribution in [3.63, 3.8) is 0 Å². The maximum Gasteiger partial charge on any atom is 0.237 e. The Labute approximate surface area is 152 Å². The van der Waals surface area contributed by atoms with Gasteiger partial charge in [-0.15, -0.1) is 0 Å². The van der Waals surface area contributed by atoms with E-state index in [2.05, 4.69) is 10.6 Å². The minimum Gasteiger partial charge on any atom is -0.379 e. The molecule has 2 aliphatic heterocycles. The van der Waals surface area contributed by atoms with Crippen LogP contribution in [0, 0.1) is 5.82 Å². The van der Waals surface area contributed by atoms with E-state index < -0.39 is 21.3 Å². The van der Waals surface area contributed by atoms with Crippen molar-refractivity contribution in [3.8, 4) is 0 Å². The second-order valence-electron chi connectivity index (χ2n) is 6.54. The monoisotopic (exact) mass is 385 g/mol. The number of ether oxygens (including phenoxy) is 1. The van der Waals surface area contributed by atoms with E-state index in [-0.39, 0.29) is 24.7 Å². The van der Waals surface area contributed by atoms with Gasteiger partial charge in [0.25, 0.3) is 0 Å². The third-order valence-electron chi connectivity index (χ3n) is 4.78. The number of nitrogens with one attached hydrogen (secondary N) is 2. The minimum atomic E-state index is -3.42. The molecule has 2 atom stereocenters. The molecular weight excluding hydrogens is 361 g/mol. The zero-order valence-corrected chi connectivity index (χ0v) is 15.3. The molecule has 26 heavy (non-hydrogen) atoms. The summed E-state index contributed by atoms with van der Waals surface area (Å²) in [6, 6.07) is 5.62. The predicted molar refractivity (Wildman–Crippen MR) is 94.6 cm³/mol. The van der Waals surface area contributed by atoms with Crippen molar-refractivity contribution in [1.29, 1.82) is 0 Å². The molecule has 0 spiro atoms. The fourth-order valence-electron chi connectivity index (χ4n) is 3.25. The van der Waals surface area contributed by atoms with E-state index in [9.17, 15) is 17.6 Å². The predicted octanol–water partition coefficient (Wildman–Crippen LogP) is -0.123. The number of morpholine rings is 1. The second-order valence-corrected chi connectivity index (χ2v) is 8.76. The standard InChI is InChI=1S/C17H24FN3O4S/c18-14-3-1-13(2-4-14)5-6-19-17(22)16-11-15(12-20-16)26(23,24)21-7-9-25-10-8-21/h1-4,15-16,20H,5-12H2,(H,19,22). The summed E-state index contributed by atoms with van der Waals surface area (Å²) >= 11 is 0. The molecule has 1 aromatic carbocycles. The van der Waals surface area contributed by atoms with Gasteiger partial charge in [0.2, 0.25) is 15.9 Å². The van der Waals surface area contributed by atoms with E-state index in [1.54, 1.807) is 12.1 Å². The van der Waals surface area contributed by atoms with E-state index in [0.717, 1.165) is 5.56 Å². The summed E-state index contributed by atoms with van der Waals surface area (Å²) in [6.07, 6.45) is 0.857. The largest absolute Gasteiger partial charge is 0.379 e. The van der Waals surface area contributed by atoms with Crippen LogP contribution in [-0.2, 0) is 26.0 Å². The van der Waals surface area contributed by atoms with Crippen molar-refractivity contribution in [1.82, 2.24) is 14.9 Å². The summed E-state index contributed by atoms with van der Waals surface area (Å²) in [7, 11) is -3.42. The molecule has 7 nitrogen and oxygen atoms in total. The highest BCUT2D eigenvalue weighted by atomic mass is 32.2. The average molecular weight is 385 g/mol. The summed E-state index contributed by atoms with van der Waals surface area (Å²) < 4.78 is 44.8. The van der Waals surface area contributed by atoms with Crippen LogP contribution >= 0.6 is 0 Å². The van der Waals surface area contributed by atoms with Gasteiger partial charge in [-0.05, 0) is 30.5 Å². The van der Waals surface area contributed by atoms with E-state index in [4.69, 9.17) is 4.74 Å². The number of halogens is 1. The fourth-order valence-corrected chi connectivity index (χ4v) is 5.07. The van der Waals surface area contributed by atoms with E-state index in [0.29, 0.717) is 39.3 Å². The molecule has 0 aliphatic carbocycles. The van der Waals surface area contributed by atoms with Gasteiger partial charge in [0, 0.05) is 26.2 Å². The lowest BCUT2D eigenvalue weighted by Crippen LogP contribution is -2.45. The number of nitrogens with zero attached hydrogens (tertiary/aromatic N) is 1. The molecule has 1 amide bonds. The molecule has 0 radical (unpaired) electrons. The Balaban J connectivity index is 1.46. The van der Waals surface area contributed by atoms with Gasteiger partial charge >= 0.3 is 0 Å². The Morgan fingerprint density at radius 2 is 1.96 bits per heavy atom. The maximum atomic E-state index is 12.9. The topological polar surface area (TPSA) is 87.7 Å². The lowest BCUT2D eigenvalue weighted by atomic mass is 10.1. The van der Waals surface area contributed by atoms with E-state index in [1.807, 2.05) is 0 Å². The molecule has 0 aromatic heterocycles. The first-order valence-electron chi connectivity index (χ1n) is 8.79. The van der Waals surface area contributed by atoms with Gasteiger partial charge in [-0.25, -0.2) is 12.8 Å². The van der Waals surface area contributed by atoms with Gasteiger partial charge in [0.15, 0.2) is 0 Å². The highest BCUT2D eigenvalue weighted by Crippen LogP contribution is 2.20. The van der Waals surface area contributed by atoms with E-state index >= 15 is 0 Å². The van der Waals surface area contributed by atoms with Gasteiger partial charge in [-0.3, -0.25) is 4.79 Å². The Morgan fingerprint density at radius 3 is 2.65 bits per heavy atom. The van der Waals surface area contributed by atoms with Crippen molar-refractivity contribution >= 4 is 15.9 Å². The highest BCUT2D eigenvalue weighted by molar-refractivity contribution is 7.89. The average Bonchev–Trinajstić information content (AvgIpc) is 3.15. The van der Waals surface area contributed by atoms with Crippen LogP contribution in [0.15, 0.2) is 24.3 Å². The molecule has 0 bridgehead atoms. The normalized spacial score (nSPS) is 24.5. The molecule has 1 aromatic rings. The van der Waals surface area contributed by atoms with Crippen LogP contribution in [0.3, 0.4) is 0 Å². The third-order valence-corrected chi connectivity index (χ3v) is 7.07. The molecule has 2 fully saturated rings. The number of hydrogen-bond acceptors (Lipinski definition) is 5. The molecule has 2 aliphatic rings. The van der Waals surface area contributed by atoms with Crippen LogP contribution in [0.25, 0.3) is 0 Å². The quantitative estimate of drug-likeness (QED) is 0.713. The Bertz CT molecular complexity index is 720. The number of carbonyl (C=O) groups excluding carboxylic acids is 1. The van der Waals surface area contributed by atoms with Crippen molar-refractivity contribution in [3.05, 3.63) is 35.6 Å². The number of sulfonamides is 1. The molecular formula is C17H24FN3O4S. The van der Waals surface area contributed by atoms with Gasteiger partial charge < -0.3 is 15.4 Å². The lowest BCUT2D eigenvalue weighted by molar-refractivity contribution is -0.122. The maximum absolute atomic E-state index is 12.9. The SMILES string of the molecule is O=C(NCCc1ccc(F)cc1)C1CC(S(=O)(=O)N2CCOCC2)CN1. The van der Waals surface area contributed by atoms with Gasteiger partial charge in [-0.1, -0.05) is 12.1 Å². The molecule has 2 unspecified atom stereocenters. The van der Waals surface area contributed by atoms with Crippen molar-refractivity contribution in [2.75, 3.05) is 39.4 Å². The Kier molecular flexibility index (Phi) is 6.23. The van der Waals surface area contributed by atoms with Crippen molar-refractivity contribution in [2.45, 2.75) is 24.1 Å². The molecule has 9 heteroatoms. The highest BCUT2D eigenvalue weighted by Gasteiger charge is 2.40. The number of rotatable bonds is 6. The molecule has 144 valence electrons. The van der Waals surface area contributed by atoms with Crippen LogP contribution in [0.1, 0.15) is 12.0 Å². The fraction of sp³-hybridized carbons (Fsp3) is 0.588. The molecule has 2 N–H and O–H groups in total. The second kappa shape index (κ2) is 8.43. The smallest absolute Gasteiger partial charge is 0.237 e. The first-order valence-corrected chi connectivity index (χ1v) is 10.3. The zero-order valence-electron chi connectivity index (χ0n) is 14.5.